The van der Waals surface area contributed by atoms with Gasteiger partial charge in [0.05, 0.1) is 0 Å². The first-order valence-corrected chi connectivity index (χ1v) is 14.6. The summed E-state index contributed by atoms with van der Waals surface area (Å²) in [6.07, 6.45) is -4.29. The third-order valence-corrected chi connectivity index (χ3v) is 8.47. The molecule has 2 aromatic carbocycles. The molecule has 1 amide bonds. The molecule has 14 heteroatoms. The van der Waals surface area contributed by atoms with Gasteiger partial charge in [0.2, 0.25) is 23.8 Å². The average molecular weight is 645 g/mol. The van der Waals surface area contributed by atoms with E-state index in [1.165, 1.54) is 24.3 Å². The number of carboxylic acids is 1. The second-order valence-electron chi connectivity index (χ2n) is 11.3. The van der Waals surface area contributed by atoms with Crippen LogP contribution in [-0.2, 0) is 16.1 Å². The minimum absolute atomic E-state index is 0.144. The molecule has 2 saturated heterocycles. The van der Waals surface area contributed by atoms with Gasteiger partial charge in [-0.15, -0.1) is 0 Å². The summed E-state index contributed by atoms with van der Waals surface area (Å²) >= 11 is 6.24. The number of carboxylic acid groups (broad SMARTS) is 1. The van der Waals surface area contributed by atoms with E-state index in [1.807, 2.05) is 4.90 Å². The lowest BCUT2D eigenvalue weighted by molar-refractivity contribution is -0.198. The summed E-state index contributed by atoms with van der Waals surface area (Å²) in [5.74, 6) is -1.55. The number of halogens is 4. The number of carbonyl (C=O) groups is 2. The number of aliphatic carboxylic acids is 1. The first-order chi connectivity index (χ1) is 21.4. The van der Waals surface area contributed by atoms with Gasteiger partial charge in [-0.25, -0.2) is 0 Å². The third-order valence-electron chi connectivity index (χ3n) is 8.24. The molecule has 0 aliphatic carbocycles. The van der Waals surface area contributed by atoms with Crippen LogP contribution < -0.4 is 26.0 Å². The Labute approximate surface area is 262 Å². The van der Waals surface area contributed by atoms with E-state index in [-0.39, 0.29) is 45.8 Å². The normalized spacial score (nSPS) is 18.4. The predicted octanol–water partition coefficient (Wildman–Crippen LogP) is 4.90. The number of nitrogen functional groups attached to an aromatic ring is 1. The van der Waals surface area contributed by atoms with Crippen LogP contribution >= 0.6 is 11.6 Å². The first kappa shape index (κ1) is 32.0. The molecular weight excluding hydrogens is 613 g/mol. The lowest BCUT2D eigenvalue weighted by atomic mass is 9.76. The number of nitrogens with two attached hydrogens (primary N) is 1. The van der Waals surface area contributed by atoms with E-state index in [2.05, 4.69) is 27.2 Å². The number of anilines is 2. The van der Waals surface area contributed by atoms with Gasteiger partial charge < -0.3 is 31.1 Å². The number of hydrogen-bond donors (Lipinski definition) is 4. The van der Waals surface area contributed by atoms with E-state index >= 15 is 0 Å². The van der Waals surface area contributed by atoms with Crippen LogP contribution in [0.3, 0.4) is 0 Å². The number of ether oxygens (including phenoxy) is 1. The fourth-order valence-electron chi connectivity index (χ4n) is 5.88. The van der Waals surface area contributed by atoms with Gasteiger partial charge >= 0.3 is 12.1 Å². The number of nitrogens with one attached hydrogen (secondary N) is 2. The monoisotopic (exact) mass is 644 g/mol. The number of carbonyl (C=O) groups excluding carboxylic acids is 1. The molecule has 2 atom stereocenters. The van der Waals surface area contributed by atoms with E-state index in [0.717, 1.165) is 6.08 Å². The van der Waals surface area contributed by atoms with E-state index in [0.29, 0.717) is 55.8 Å². The van der Waals surface area contributed by atoms with E-state index < -0.39 is 24.3 Å². The Hall–Kier alpha value is -4.36. The fraction of sp³-hybridized carbons (Fsp3) is 0.355. The zero-order valence-electron chi connectivity index (χ0n) is 24.1. The van der Waals surface area contributed by atoms with Crippen LogP contribution in [0.5, 0.6) is 5.88 Å². The smallest absolute Gasteiger partial charge is 0.429 e. The zero-order valence-corrected chi connectivity index (χ0v) is 24.9. The minimum Gasteiger partial charge on any atom is -0.480 e. The highest BCUT2D eigenvalue weighted by Gasteiger charge is 2.46. The summed E-state index contributed by atoms with van der Waals surface area (Å²) in [6.45, 7) is 5.16. The number of hydrogen-bond acceptors (Lipinski definition) is 8. The lowest BCUT2D eigenvalue weighted by Crippen LogP contribution is -2.41. The summed E-state index contributed by atoms with van der Waals surface area (Å²) in [6, 6.07) is 11.5. The molecule has 0 unspecified atom stereocenters. The van der Waals surface area contributed by atoms with Crippen LogP contribution in [0.1, 0.15) is 36.5 Å². The summed E-state index contributed by atoms with van der Waals surface area (Å²) in [5, 5.41) is 15.3. The quantitative estimate of drug-likeness (QED) is 0.239. The molecule has 3 heterocycles. The minimum atomic E-state index is -4.86. The van der Waals surface area contributed by atoms with Crippen molar-refractivity contribution < 1.29 is 32.6 Å². The molecule has 0 bridgehead atoms. The van der Waals surface area contributed by atoms with Gasteiger partial charge in [-0.1, -0.05) is 42.4 Å². The van der Waals surface area contributed by atoms with Gasteiger partial charge in [-0.3, -0.25) is 9.59 Å². The molecule has 3 aromatic rings. The summed E-state index contributed by atoms with van der Waals surface area (Å²) in [5.41, 5.74) is 6.85. The highest BCUT2D eigenvalue weighted by atomic mass is 35.5. The number of piperidine rings is 1. The van der Waals surface area contributed by atoms with Gasteiger partial charge in [0, 0.05) is 42.8 Å². The Morgan fingerprint density at radius 1 is 1.22 bits per heavy atom. The van der Waals surface area contributed by atoms with Crippen molar-refractivity contribution in [2.24, 2.45) is 5.41 Å². The van der Waals surface area contributed by atoms with Crippen LogP contribution in [0.4, 0.5) is 24.9 Å². The molecule has 2 aliphatic rings. The highest BCUT2D eigenvalue weighted by Crippen LogP contribution is 2.43. The highest BCUT2D eigenvalue weighted by molar-refractivity contribution is 6.30. The van der Waals surface area contributed by atoms with Crippen molar-refractivity contribution in [1.82, 2.24) is 20.6 Å². The number of amides is 1. The number of rotatable bonds is 9. The number of nitrogens with zero attached hydrogens (tertiary/aromatic N) is 3. The molecule has 45 heavy (non-hydrogen) atoms. The number of benzene rings is 2. The van der Waals surface area contributed by atoms with Gasteiger partial charge in [-0.2, -0.15) is 23.1 Å². The molecule has 2 fully saturated rings. The summed E-state index contributed by atoms with van der Waals surface area (Å²) < 4.78 is 49.6. The van der Waals surface area contributed by atoms with Crippen molar-refractivity contribution in [3.63, 3.8) is 0 Å². The maximum absolute atomic E-state index is 14.7. The van der Waals surface area contributed by atoms with Gasteiger partial charge in [0.25, 0.3) is 0 Å². The molecule has 1 spiro atoms. The molecular formula is C31H32ClF3N6O4. The molecule has 2 aliphatic heterocycles. The lowest BCUT2D eigenvalue weighted by Gasteiger charge is -2.39. The second-order valence-corrected chi connectivity index (χ2v) is 11.7. The van der Waals surface area contributed by atoms with Crippen LogP contribution in [0, 0.1) is 5.41 Å². The van der Waals surface area contributed by atoms with Crippen LogP contribution in [0.15, 0.2) is 61.2 Å². The van der Waals surface area contributed by atoms with E-state index in [9.17, 15) is 27.9 Å². The maximum atomic E-state index is 14.7. The molecule has 5 N–H and O–H groups in total. The van der Waals surface area contributed by atoms with Gasteiger partial charge in [-0.05, 0) is 65.6 Å². The van der Waals surface area contributed by atoms with Crippen molar-refractivity contribution in [3.05, 3.63) is 77.3 Å². The van der Waals surface area contributed by atoms with E-state index in [1.54, 1.807) is 24.3 Å². The Balaban J connectivity index is 1.41. The van der Waals surface area contributed by atoms with Gasteiger partial charge in [0.15, 0.2) is 0 Å². The maximum Gasteiger partial charge on any atom is 0.429 e. The molecule has 1 aromatic heterocycles. The largest absolute Gasteiger partial charge is 0.480 e. The van der Waals surface area contributed by atoms with Crippen LogP contribution in [0.2, 0.25) is 5.02 Å². The summed E-state index contributed by atoms with van der Waals surface area (Å²) in [7, 11) is 0. The van der Waals surface area contributed by atoms with Crippen molar-refractivity contribution in [2.45, 2.75) is 44.1 Å². The SMILES string of the molecule is C=CC(=O)NCc1cccc(-c2cc(Cl)ccc2[C@@H](Oc2cc(N3CCC4(CC3)CN[C@H](C(=O)O)C4)nc(N)n2)C(F)(F)F)c1. The molecule has 5 rings (SSSR count). The third kappa shape index (κ3) is 7.48. The zero-order chi connectivity index (χ0) is 32.4. The average Bonchev–Trinajstić information content (AvgIpc) is 3.42. The van der Waals surface area contributed by atoms with Crippen molar-refractivity contribution in [2.75, 3.05) is 30.3 Å². The molecule has 0 radical (unpaired) electrons. The summed E-state index contributed by atoms with van der Waals surface area (Å²) in [4.78, 5) is 33.1. The Morgan fingerprint density at radius 2 is 1.98 bits per heavy atom. The van der Waals surface area contributed by atoms with Gasteiger partial charge in [0.1, 0.15) is 11.9 Å². The molecule has 10 nitrogen and oxygen atoms in total. The second kappa shape index (κ2) is 12.9. The fourth-order valence-corrected chi connectivity index (χ4v) is 6.05. The van der Waals surface area contributed by atoms with E-state index in [4.69, 9.17) is 22.1 Å². The Kier molecular flexibility index (Phi) is 9.21. The predicted molar refractivity (Wildman–Crippen MR) is 163 cm³/mol. The van der Waals surface area contributed by atoms with Crippen molar-refractivity contribution in [3.8, 4) is 17.0 Å². The topological polar surface area (TPSA) is 143 Å². The van der Waals surface area contributed by atoms with Crippen molar-refractivity contribution >= 4 is 35.2 Å². The standard InChI is InChI=1S/C31H32ClF3N6O4/c1-2-25(42)37-16-18-4-3-5-19(12-18)22-13-20(32)6-7-21(22)27(31(33,34)35)45-26-14-24(39-29(36)40-26)41-10-8-30(9-11-41)15-23(28(43)44)38-17-30/h2-7,12-14,23,27,38H,1,8-11,15-17H2,(H,37,42)(H,43,44)(H2,36,39,40)/t23-,27+/m0/s1. The molecule has 0 saturated carbocycles. The first-order valence-electron chi connectivity index (χ1n) is 14.2. The number of aromatic nitrogens is 2. The Morgan fingerprint density at radius 3 is 2.64 bits per heavy atom. The Bertz CT molecular complexity index is 1600. The number of alkyl halides is 3. The molecule has 238 valence electrons. The van der Waals surface area contributed by atoms with Crippen LogP contribution in [-0.4, -0.2) is 58.8 Å². The van der Waals surface area contributed by atoms with Crippen LogP contribution in [0.25, 0.3) is 11.1 Å². The van der Waals surface area contributed by atoms with Crippen molar-refractivity contribution in [1.29, 1.82) is 0 Å².